The maximum absolute atomic E-state index is 12.1. The first-order chi connectivity index (χ1) is 12.5. The summed E-state index contributed by atoms with van der Waals surface area (Å²) in [5.41, 5.74) is 0. The van der Waals surface area contributed by atoms with E-state index in [0.29, 0.717) is 51.6 Å². The molecule has 0 aliphatic carbocycles. The van der Waals surface area contributed by atoms with Crippen LogP contribution in [0.2, 0.25) is 0 Å². The molecule has 2 atom stereocenters. The zero-order chi connectivity index (χ0) is 19.4. The lowest BCUT2D eigenvalue weighted by atomic mass is 10.0. The minimum Gasteiger partial charge on any atom is -0.453 e. The third-order valence-corrected chi connectivity index (χ3v) is 4.01. The van der Waals surface area contributed by atoms with Gasteiger partial charge in [-0.2, -0.15) is 0 Å². The fourth-order valence-corrected chi connectivity index (χ4v) is 2.55. The summed E-state index contributed by atoms with van der Waals surface area (Å²) in [6.45, 7) is 0.911. The second-order valence-electron chi connectivity index (χ2n) is 5.95. The van der Waals surface area contributed by atoms with Gasteiger partial charge in [0.2, 0.25) is 11.8 Å². The SMILES string of the molecule is COC(=O)NCCCCC1NC(=O)C(CCCCNC(=O)OC)NC1=O. The molecular weight excluding hydrogens is 344 g/mol. The highest BCUT2D eigenvalue weighted by atomic mass is 16.5. The molecule has 1 rings (SSSR count). The number of ether oxygens (including phenoxy) is 2. The fraction of sp³-hybridized carbons (Fsp3) is 0.750. The first kappa shape index (κ1) is 21.5. The standard InChI is InChI=1S/C16H28N4O6/c1-25-15(23)17-9-5-3-7-11-13(21)20-12(14(22)19-11)8-4-6-10-18-16(24)26-2/h11-12H,3-10H2,1-2H3,(H,17,23)(H,18,24)(H,19,22)(H,20,21). The first-order valence-corrected chi connectivity index (χ1v) is 8.72. The van der Waals surface area contributed by atoms with Gasteiger partial charge in [0.05, 0.1) is 14.2 Å². The van der Waals surface area contributed by atoms with Crippen molar-refractivity contribution in [2.24, 2.45) is 0 Å². The zero-order valence-electron chi connectivity index (χ0n) is 15.3. The Morgan fingerprint density at radius 1 is 0.808 bits per heavy atom. The quantitative estimate of drug-likeness (QED) is 0.399. The molecule has 26 heavy (non-hydrogen) atoms. The minimum absolute atomic E-state index is 0.191. The fourth-order valence-electron chi connectivity index (χ4n) is 2.55. The van der Waals surface area contributed by atoms with Crippen LogP contribution in [0.1, 0.15) is 38.5 Å². The van der Waals surface area contributed by atoms with Gasteiger partial charge in [-0.3, -0.25) is 9.59 Å². The number of amides is 4. The topological polar surface area (TPSA) is 135 Å². The molecule has 10 heteroatoms. The monoisotopic (exact) mass is 372 g/mol. The van der Waals surface area contributed by atoms with Crippen molar-refractivity contribution in [3.8, 4) is 0 Å². The Bertz CT molecular complexity index is 455. The molecule has 1 saturated heterocycles. The number of hydrogen-bond donors (Lipinski definition) is 4. The number of rotatable bonds is 10. The van der Waals surface area contributed by atoms with E-state index in [-0.39, 0.29) is 11.8 Å². The van der Waals surface area contributed by atoms with E-state index in [1.54, 1.807) is 0 Å². The molecule has 0 bridgehead atoms. The van der Waals surface area contributed by atoms with Crippen molar-refractivity contribution in [3.05, 3.63) is 0 Å². The van der Waals surface area contributed by atoms with Crippen LogP contribution in [-0.2, 0) is 19.1 Å². The van der Waals surface area contributed by atoms with Gasteiger partial charge in [0.25, 0.3) is 0 Å². The summed E-state index contributed by atoms with van der Waals surface area (Å²) in [6.07, 6.45) is 2.79. The van der Waals surface area contributed by atoms with Crippen molar-refractivity contribution < 1.29 is 28.7 Å². The molecule has 0 aromatic rings. The largest absolute Gasteiger partial charge is 0.453 e. The number of hydrogen-bond acceptors (Lipinski definition) is 6. The molecule has 4 amide bonds. The average Bonchev–Trinajstić information content (AvgIpc) is 2.63. The van der Waals surface area contributed by atoms with Gasteiger partial charge in [-0.05, 0) is 38.5 Å². The van der Waals surface area contributed by atoms with Gasteiger partial charge in [-0.15, -0.1) is 0 Å². The molecule has 2 unspecified atom stereocenters. The smallest absolute Gasteiger partial charge is 0.406 e. The Labute approximate surface area is 152 Å². The van der Waals surface area contributed by atoms with E-state index in [1.807, 2.05) is 0 Å². The van der Waals surface area contributed by atoms with Crippen LogP contribution in [0.3, 0.4) is 0 Å². The van der Waals surface area contributed by atoms with Crippen molar-refractivity contribution in [1.29, 1.82) is 0 Å². The molecule has 1 fully saturated rings. The highest BCUT2D eigenvalue weighted by molar-refractivity contribution is 5.96. The lowest BCUT2D eigenvalue weighted by Gasteiger charge is -2.29. The molecule has 0 saturated carbocycles. The molecule has 1 aliphatic rings. The van der Waals surface area contributed by atoms with Crippen LogP contribution >= 0.6 is 0 Å². The van der Waals surface area contributed by atoms with Gasteiger partial charge in [-0.1, -0.05) is 0 Å². The number of nitrogens with one attached hydrogen (secondary N) is 4. The molecule has 0 aromatic carbocycles. The molecule has 0 radical (unpaired) electrons. The van der Waals surface area contributed by atoms with Crippen LogP contribution in [0.4, 0.5) is 9.59 Å². The summed E-state index contributed by atoms with van der Waals surface area (Å²) in [4.78, 5) is 46.0. The van der Waals surface area contributed by atoms with E-state index in [1.165, 1.54) is 14.2 Å². The Hall–Kier alpha value is -2.52. The van der Waals surface area contributed by atoms with Gasteiger partial charge in [-0.25, -0.2) is 9.59 Å². The number of carbonyl (C=O) groups is 4. The van der Waals surface area contributed by atoms with Crippen molar-refractivity contribution >= 4 is 24.0 Å². The summed E-state index contributed by atoms with van der Waals surface area (Å²) < 4.78 is 8.91. The zero-order valence-corrected chi connectivity index (χ0v) is 15.3. The molecule has 148 valence electrons. The van der Waals surface area contributed by atoms with Crippen molar-refractivity contribution in [2.45, 2.75) is 50.6 Å². The lowest BCUT2D eigenvalue weighted by Crippen LogP contribution is -2.61. The van der Waals surface area contributed by atoms with Gasteiger partial charge in [0.15, 0.2) is 0 Å². The molecule has 0 aromatic heterocycles. The van der Waals surface area contributed by atoms with E-state index in [0.717, 1.165) is 0 Å². The van der Waals surface area contributed by atoms with Crippen LogP contribution in [0, 0.1) is 0 Å². The second-order valence-corrected chi connectivity index (χ2v) is 5.95. The molecule has 1 aliphatic heterocycles. The van der Waals surface area contributed by atoms with Crippen LogP contribution in [0.25, 0.3) is 0 Å². The predicted octanol–water partition coefficient (Wildman–Crippen LogP) is 0.0222. The van der Waals surface area contributed by atoms with E-state index in [4.69, 9.17) is 0 Å². The predicted molar refractivity (Wildman–Crippen MR) is 92.4 cm³/mol. The Morgan fingerprint density at radius 2 is 1.19 bits per heavy atom. The third-order valence-electron chi connectivity index (χ3n) is 4.01. The highest BCUT2D eigenvalue weighted by Gasteiger charge is 2.32. The van der Waals surface area contributed by atoms with E-state index >= 15 is 0 Å². The molecular formula is C16H28N4O6. The van der Waals surface area contributed by atoms with Crippen molar-refractivity contribution in [2.75, 3.05) is 27.3 Å². The van der Waals surface area contributed by atoms with Crippen LogP contribution in [0.5, 0.6) is 0 Å². The molecule has 1 heterocycles. The normalized spacial score (nSPS) is 19.2. The van der Waals surface area contributed by atoms with Gasteiger partial charge < -0.3 is 30.7 Å². The van der Waals surface area contributed by atoms with Gasteiger partial charge in [0.1, 0.15) is 12.1 Å². The number of alkyl carbamates (subject to hydrolysis) is 2. The average molecular weight is 372 g/mol. The number of piperazine rings is 1. The number of unbranched alkanes of at least 4 members (excludes halogenated alkanes) is 2. The van der Waals surface area contributed by atoms with Gasteiger partial charge >= 0.3 is 12.2 Å². The third kappa shape index (κ3) is 8.04. The van der Waals surface area contributed by atoms with E-state index < -0.39 is 24.3 Å². The first-order valence-electron chi connectivity index (χ1n) is 8.72. The van der Waals surface area contributed by atoms with Crippen LogP contribution in [-0.4, -0.2) is 63.4 Å². The molecule has 10 nitrogen and oxygen atoms in total. The van der Waals surface area contributed by atoms with E-state index in [9.17, 15) is 19.2 Å². The van der Waals surface area contributed by atoms with Crippen molar-refractivity contribution in [3.63, 3.8) is 0 Å². The second kappa shape index (κ2) is 11.9. The maximum atomic E-state index is 12.1. The Balaban J connectivity index is 2.19. The highest BCUT2D eigenvalue weighted by Crippen LogP contribution is 2.10. The van der Waals surface area contributed by atoms with Crippen molar-refractivity contribution in [1.82, 2.24) is 21.3 Å². The summed E-state index contributed by atoms with van der Waals surface area (Å²) >= 11 is 0. The summed E-state index contributed by atoms with van der Waals surface area (Å²) in [5, 5.41) is 10.6. The summed E-state index contributed by atoms with van der Waals surface area (Å²) in [6, 6.07) is -1.09. The molecule has 4 N–H and O–H groups in total. The number of methoxy groups -OCH3 is 2. The van der Waals surface area contributed by atoms with Crippen LogP contribution in [0.15, 0.2) is 0 Å². The van der Waals surface area contributed by atoms with Gasteiger partial charge in [0, 0.05) is 13.1 Å². The minimum atomic E-state index is -0.544. The Morgan fingerprint density at radius 3 is 1.54 bits per heavy atom. The summed E-state index contributed by atoms with van der Waals surface area (Å²) in [7, 11) is 2.59. The Kier molecular flexibility index (Phi) is 9.88. The number of carbonyl (C=O) groups excluding carboxylic acids is 4. The van der Waals surface area contributed by atoms with E-state index in [2.05, 4.69) is 30.7 Å². The van der Waals surface area contributed by atoms with Crippen LogP contribution < -0.4 is 21.3 Å². The molecule has 0 spiro atoms. The maximum Gasteiger partial charge on any atom is 0.406 e. The lowest BCUT2D eigenvalue weighted by molar-refractivity contribution is -0.137. The summed E-state index contributed by atoms with van der Waals surface area (Å²) in [5.74, 6) is -0.383.